The number of allylic oxidation sites excluding steroid dienone is 22. The quantitative estimate of drug-likeness (QED) is 0.176. The molecule has 11 unspecified atom stereocenters. The number of benzene rings is 2. The molecule has 0 heterocycles. The van der Waals surface area contributed by atoms with E-state index in [9.17, 15) is 0 Å². The van der Waals surface area contributed by atoms with Crippen molar-refractivity contribution < 1.29 is 0 Å². The minimum Gasteiger partial charge on any atom is -0.0879 e. The number of aryl methyl sites for hydroxylation is 2. The lowest BCUT2D eigenvalue weighted by molar-refractivity contribution is 0.149. The van der Waals surface area contributed by atoms with Gasteiger partial charge in [-0.05, 0) is 235 Å². The number of fused-ring (bicyclic) bond motifs is 3. The molecule has 0 radical (unpaired) electrons. The van der Waals surface area contributed by atoms with Gasteiger partial charge in [-0.2, -0.15) is 0 Å². The van der Waals surface area contributed by atoms with E-state index in [-0.39, 0.29) is 0 Å². The Balaban J connectivity index is 0.809. The molecule has 12 atom stereocenters. The van der Waals surface area contributed by atoms with E-state index in [0.717, 1.165) is 11.8 Å². The molecular weight excluding hydrogens is 865 g/mol. The van der Waals surface area contributed by atoms with Gasteiger partial charge in [0, 0.05) is 29.6 Å². The number of hydrogen-bond donors (Lipinski definition) is 0. The third-order valence-corrected chi connectivity index (χ3v) is 21.2. The molecule has 13 rings (SSSR count). The third-order valence-electron chi connectivity index (χ3n) is 21.2. The van der Waals surface area contributed by atoms with Crippen LogP contribution >= 0.6 is 0 Å². The van der Waals surface area contributed by atoms with Gasteiger partial charge in [0.25, 0.3) is 0 Å². The van der Waals surface area contributed by atoms with Gasteiger partial charge in [-0.1, -0.05) is 173 Å². The molecule has 11 aliphatic carbocycles. The van der Waals surface area contributed by atoms with Crippen LogP contribution in [0.2, 0.25) is 0 Å². The fraction of sp³-hybridized carbons (Fsp3) is 0.528. The first-order valence-corrected chi connectivity index (χ1v) is 30.5. The zero-order valence-corrected chi connectivity index (χ0v) is 44.0. The summed E-state index contributed by atoms with van der Waals surface area (Å²) in [7, 11) is 0. The van der Waals surface area contributed by atoms with Crippen LogP contribution in [-0.4, -0.2) is 0 Å². The maximum absolute atomic E-state index is 2.86. The first kappa shape index (κ1) is 47.3. The summed E-state index contributed by atoms with van der Waals surface area (Å²) in [5.41, 5.74) is 20.4. The molecule has 72 heavy (non-hydrogen) atoms. The fourth-order valence-corrected chi connectivity index (χ4v) is 17.4. The Kier molecular flexibility index (Phi) is 14.1. The Hall–Kier alpha value is -4.42. The lowest BCUT2D eigenvalue weighted by atomic mass is 9.61. The molecule has 0 heteroatoms. The van der Waals surface area contributed by atoms with Gasteiger partial charge in [-0.25, -0.2) is 0 Å². The highest BCUT2D eigenvalue weighted by Crippen LogP contribution is 2.56. The first-order valence-electron chi connectivity index (χ1n) is 30.5. The second-order valence-electron chi connectivity index (χ2n) is 25.2. The van der Waals surface area contributed by atoms with Gasteiger partial charge >= 0.3 is 0 Å². The summed E-state index contributed by atoms with van der Waals surface area (Å²) in [5.74, 6) is 7.63. The molecule has 0 saturated heterocycles. The first-order chi connectivity index (χ1) is 35.7. The van der Waals surface area contributed by atoms with Gasteiger partial charge in [0.05, 0.1) is 0 Å². The van der Waals surface area contributed by atoms with Crippen molar-refractivity contribution in [2.45, 2.75) is 179 Å². The molecule has 0 bridgehead atoms. The van der Waals surface area contributed by atoms with Gasteiger partial charge in [-0.15, -0.1) is 0 Å². The summed E-state index contributed by atoms with van der Waals surface area (Å²) >= 11 is 0. The van der Waals surface area contributed by atoms with Gasteiger partial charge in [0.1, 0.15) is 0 Å². The molecule has 1 saturated carbocycles. The minimum absolute atomic E-state index is 0.434. The lowest BCUT2D eigenvalue weighted by Gasteiger charge is -2.44. The van der Waals surface area contributed by atoms with Crippen LogP contribution < -0.4 is 0 Å². The molecule has 0 nitrogen and oxygen atoms in total. The Labute approximate surface area is 436 Å². The van der Waals surface area contributed by atoms with Crippen molar-refractivity contribution in [2.75, 3.05) is 0 Å². The van der Waals surface area contributed by atoms with E-state index in [1.165, 1.54) is 173 Å². The van der Waals surface area contributed by atoms with E-state index >= 15 is 0 Å². The van der Waals surface area contributed by atoms with Gasteiger partial charge in [-0.3, -0.25) is 0 Å². The molecule has 0 aromatic heterocycles. The highest BCUT2D eigenvalue weighted by molar-refractivity contribution is 5.48. The molecule has 0 spiro atoms. The Bertz CT molecular complexity index is 2670. The molecule has 0 N–H and O–H groups in total. The summed E-state index contributed by atoms with van der Waals surface area (Å²) in [4.78, 5) is 0. The average molecular weight is 951 g/mol. The van der Waals surface area contributed by atoms with Crippen LogP contribution in [0.25, 0.3) is 0 Å². The number of rotatable bonds is 13. The molecular formula is C72H86. The topological polar surface area (TPSA) is 0 Å². The maximum atomic E-state index is 2.86. The summed E-state index contributed by atoms with van der Waals surface area (Å²) in [5, 5.41) is 0. The second kappa shape index (κ2) is 21.4. The summed E-state index contributed by atoms with van der Waals surface area (Å²) in [6.07, 6.45) is 71.5. The zero-order valence-electron chi connectivity index (χ0n) is 44.0. The normalized spacial score (nSPS) is 32.5. The van der Waals surface area contributed by atoms with E-state index in [4.69, 9.17) is 0 Å². The third kappa shape index (κ3) is 9.86. The van der Waals surface area contributed by atoms with Crippen molar-refractivity contribution >= 4 is 0 Å². The maximum Gasteiger partial charge on any atom is 0.0149 e. The Morgan fingerprint density at radius 3 is 2.10 bits per heavy atom. The predicted octanol–water partition coefficient (Wildman–Crippen LogP) is 19.4. The molecule has 11 aliphatic rings. The Morgan fingerprint density at radius 2 is 1.32 bits per heavy atom. The molecule has 1 fully saturated rings. The van der Waals surface area contributed by atoms with Crippen LogP contribution in [0.4, 0.5) is 0 Å². The van der Waals surface area contributed by atoms with Crippen molar-refractivity contribution in [3.05, 3.63) is 200 Å². The molecule has 2 aromatic rings. The van der Waals surface area contributed by atoms with Crippen LogP contribution in [0, 0.1) is 59.2 Å². The van der Waals surface area contributed by atoms with Gasteiger partial charge in [0.15, 0.2) is 0 Å². The van der Waals surface area contributed by atoms with Crippen LogP contribution in [0.15, 0.2) is 178 Å². The fourth-order valence-electron chi connectivity index (χ4n) is 17.4. The van der Waals surface area contributed by atoms with Crippen LogP contribution in [0.3, 0.4) is 0 Å². The SMILES string of the molecule is C1=CC2=C(CC1)CCC(C(C1=CCCCC1)C1C=CC([C@H](C3C=CC(C(C4=CC5CCC=CC5C=C4)c4ccccc4)CC3)C3CC=C(C(CC4=C5CCCCC54)c4ccc5c(c4)CCCC5)CC3)CC1)=C2. The largest absolute Gasteiger partial charge is 0.0879 e. The molecule has 0 aliphatic heterocycles. The van der Waals surface area contributed by atoms with Gasteiger partial charge in [0.2, 0.25) is 0 Å². The van der Waals surface area contributed by atoms with Crippen molar-refractivity contribution in [1.82, 2.24) is 0 Å². The average Bonchev–Trinajstić information content (AvgIpc) is 4.16. The second-order valence-corrected chi connectivity index (χ2v) is 25.2. The Morgan fingerprint density at radius 1 is 0.514 bits per heavy atom. The molecule has 374 valence electrons. The van der Waals surface area contributed by atoms with Crippen molar-refractivity contribution in [3.63, 3.8) is 0 Å². The smallest absolute Gasteiger partial charge is 0.0149 e. The zero-order chi connectivity index (χ0) is 47.8. The van der Waals surface area contributed by atoms with E-state index in [2.05, 4.69) is 134 Å². The van der Waals surface area contributed by atoms with Crippen LogP contribution in [0.5, 0.6) is 0 Å². The van der Waals surface area contributed by atoms with Gasteiger partial charge < -0.3 is 0 Å². The van der Waals surface area contributed by atoms with E-state index < -0.39 is 0 Å². The van der Waals surface area contributed by atoms with E-state index in [0.29, 0.717) is 59.2 Å². The predicted molar refractivity (Wildman–Crippen MR) is 304 cm³/mol. The van der Waals surface area contributed by atoms with Crippen molar-refractivity contribution in [3.8, 4) is 0 Å². The molecule has 0 amide bonds. The minimum atomic E-state index is 0.434. The highest BCUT2D eigenvalue weighted by Gasteiger charge is 2.43. The lowest BCUT2D eigenvalue weighted by Crippen LogP contribution is -2.34. The summed E-state index contributed by atoms with van der Waals surface area (Å²) in [6, 6.07) is 19.5. The van der Waals surface area contributed by atoms with E-state index in [1.54, 1.807) is 50.1 Å². The number of hydrogen-bond acceptors (Lipinski definition) is 0. The van der Waals surface area contributed by atoms with Crippen LogP contribution in [0.1, 0.15) is 188 Å². The monoisotopic (exact) mass is 951 g/mol. The standard InChI is InChI=1S/C72H86/c1-3-18-53(19-4-1)71(64-43-28-50-16-8-11-23-61(50)46-64)58-38-34-56(35-39-58)70(57-36-40-59(41-37-57)72(54-20-5-2-6-21-54)65-44-29-51-17-9-12-24-62(51)47-65)55-32-30-52(31-33-55)68(48-69-66-25-13-14-26-67(66)69)63-42-27-49-15-7-10-22-60(49)45-63/h1,3-4,8,12,16,18-20,24,27-28,30,34,36,38,40,42-43,45-47,50,55-59,61,66,68,70-72H,2,5-7,9-11,13-15,17,21-23,25-26,29,31-33,35,37,39,41,44,48H2/t50?,55?,56?,57?,58?,59?,61?,66?,68?,70-,71?,72?/m0/s1. The van der Waals surface area contributed by atoms with Crippen molar-refractivity contribution in [2.24, 2.45) is 59.2 Å². The van der Waals surface area contributed by atoms with Crippen LogP contribution in [-0.2, 0) is 12.8 Å². The summed E-state index contributed by atoms with van der Waals surface area (Å²) in [6.45, 7) is 0. The summed E-state index contributed by atoms with van der Waals surface area (Å²) < 4.78 is 0. The van der Waals surface area contributed by atoms with Crippen molar-refractivity contribution in [1.29, 1.82) is 0 Å². The van der Waals surface area contributed by atoms with E-state index in [1.807, 2.05) is 11.1 Å². The highest BCUT2D eigenvalue weighted by atomic mass is 14.5. The molecule has 2 aromatic carbocycles.